The number of nitriles is 3. The summed E-state index contributed by atoms with van der Waals surface area (Å²) in [6, 6.07) is 25.5. The van der Waals surface area contributed by atoms with Gasteiger partial charge >= 0.3 is 0 Å². The fourth-order valence-corrected chi connectivity index (χ4v) is 8.35. The maximum atomic E-state index is 10.1. The normalized spacial score (nSPS) is 13.8. The molecule has 1 aliphatic rings. The summed E-state index contributed by atoms with van der Waals surface area (Å²) in [6.07, 6.45) is 5.99. The molecule has 0 saturated heterocycles. The van der Waals surface area contributed by atoms with Crippen LogP contribution in [0, 0.1) is 34.0 Å². The third kappa shape index (κ3) is 10.0. The monoisotopic (exact) mass is 787 g/mol. The molecule has 3 aromatic rings. The van der Waals surface area contributed by atoms with Gasteiger partial charge in [-0.05, 0) is 119 Å². The predicted molar refractivity (Wildman–Crippen MR) is 235 cm³/mol. The van der Waals surface area contributed by atoms with Crippen LogP contribution >= 0.6 is 11.3 Å². The first-order valence-corrected chi connectivity index (χ1v) is 23.2. The summed E-state index contributed by atoms with van der Waals surface area (Å²) in [6.45, 7) is 28.1. The highest BCUT2D eigenvalue weighted by Gasteiger charge is 2.39. The molecule has 0 bridgehead atoms. The molecule has 2 aromatic carbocycles. The van der Waals surface area contributed by atoms with Crippen LogP contribution in [0.25, 0.3) is 17.7 Å². The maximum Gasteiger partial charge on any atom is 0.192 e. The van der Waals surface area contributed by atoms with Gasteiger partial charge in [-0.25, -0.2) is 0 Å². The first-order valence-electron chi connectivity index (χ1n) is 19.5. The van der Waals surface area contributed by atoms with Crippen LogP contribution in [0.1, 0.15) is 83.2 Å². The first-order chi connectivity index (χ1) is 26.6. The van der Waals surface area contributed by atoms with E-state index in [0.29, 0.717) is 24.5 Å². The fraction of sp³-hybridized carbons (Fsp3) is 0.413. The van der Waals surface area contributed by atoms with Crippen LogP contribution in [0.2, 0.25) is 18.1 Å². The van der Waals surface area contributed by atoms with E-state index >= 15 is 0 Å². The molecule has 0 saturated carbocycles. The Balaban J connectivity index is 1.85. The largest absolute Gasteiger partial charge is 0.490 e. The number of thiophene rings is 1. The minimum absolute atomic E-state index is 0.0138. The molecule has 0 amide bonds. The molecular formula is C46H57N5O3SSi. The highest BCUT2D eigenvalue weighted by Crippen LogP contribution is 2.42. The first kappa shape index (κ1) is 43.7. The molecule has 0 radical (unpaired) electrons. The Morgan fingerprint density at radius 3 is 1.79 bits per heavy atom. The van der Waals surface area contributed by atoms with Crippen LogP contribution in [-0.2, 0) is 9.16 Å². The molecule has 1 aromatic heterocycles. The molecule has 294 valence electrons. The van der Waals surface area contributed by atoms with E-state index in [9.17, 15) is 15.8 Å². The number of anilines is 2. The van der Waals surface area contributed by atoms with Gasteiger partial charge in [-0.15, -0.1) is 11.3 Å². The SMILES string of the molecule is CCN(CC)c1ccc(C(=Cc2cc(OCCO[Si](C)(C)C(C)(C)C)c(/C=C/C3=C(C#N)C(=C(C#N)C#N)OC3(C)C)s2)c2ccc(N(CC)CC)cc2)cc1. The van der Waals surface area contributed by atoms with Crippen molar-refractivity contribution in [3.05, 3.63) is 104 Å². The average molecular weight is 788 g/mol. The van der Waals surface area contributed by atoms with E-state index in [0.717, 1.165) is 52.6 Å². The summed E-state index contributed by atoms with van der Waals surface area (Å²) < 4.78 is 18.9. The van der Waals surface area contributed by atoms with E-state index in [-0.39, 0.29) is 21.9 Å². The van der Waals surface area contributed by atoms with Crippen LogP contribution in [-0.4, -0.2) is 53.3 Å². The van der Waals surface area contributed by atoms with Crippen molar-refractivity contribution in [3.63, 3.8) is 0 Å². The highest BCUT2D eigenvalue weighted by atomic mass is 32.1. The van der Waals surface area contributed by atoms with Crippen molar-refractivity contribution in [2.75, 3.05) is 49.2 Å². The minimum Gasteiger partial charge on any atom is -0.490 e. The Bertz CT molecular complexity index is 2020. The summed E-state index contributed by atoms with van der Waals surface area (Å²) >= 11 is 1.58. The fourth-order valence-electron chi connectivity index (χ4n) is 6.37. The van der Waals surface area contributed by atoms with Crippen LogP contribution in [0.15, 0.2) is 83.2 Å². The lowest BCUT2D eigenvalue weighted by molar-refractivity contribution is 0.0954. The number of benzene rings is 2. The van der Waals surface area contributed by atoms with Crippen molar-refractivity contribution in [3.8, 4) is 24.0 Å². The number of rotatable bonds is 16. The van der Waals surface area contributed by atoms with Crippen molar-refractivity contribution in [1.29, 1.82) is 15.8 Å². The second-order valence-electron chi connectivity index (χ2n) is 15.6. The van der Waals surface area contributed by atoms with Gasteiger partial charge in [0.1, 0.15) is 41.7 Å². The standard InChI is InChI=1S/C46H57N5O3SSi/c1-12-50(13-2)36-20-16-33(17-21-36)39(34-18-22-37(23-19-34)51(14-3)15-4)28-38-29-42(52-26-27-53-56(10,11)45(5,6)7)43(55-38)25-24-41-40(32-49)44(35(30-47)31-48)54-46(41,8)9/h16-25,28-29H,12-15,26-27H2,1-11H3/b25-24+. The average Bonchev–Trinajstić information content (AvgIpc) is 3.68. The van der Waals surface area contributed by atoms with Gasteiger partial charge < -0.3 is 23.7 Å². The van der Waals surface area contributed by atoms with Gasteiger partial charge in [-0.1, -0.05) is 51.1 Å². The van der Waals surface area contributed by atoms with Crippen LogP contribution in [0.3, 0.4) is 0 Å². The molecule has 0 unspecified atom stereocenters. The molecule has 0 fully saturated rings. The summed E-state index contributed by atoms with van der Waals surface area (Å²) in [5.74, 6) is 0.714. The molecule has 0 spiro atoms. The smallest absolute Gasteiger partial charge is 0.192 e. The predicted octanol–water partition coefficient (Wildman–Crippen LogP) is 11.4. The number of allylic oxidation sites excluding steroid dienone is 2. The number of ether oxygens (including phenoxy) is 2. The van der Waals surface area contributed by atoms with Gasteiger partial charge in [0.2, 0.25) is 0 Å². The molecule has 0 aliphatic carbocycles. The van der Waals surface area contributed by atoms with Gasteiger partial charge in [0.05, 0.1) is 11.5 Å². The summed E-state index contributed by atoms with van der Waals surface area (Å²) in [4.78, 5) is 6.53. The zero-order chi connectivity index (χ0) is 41.3. The zero-order valence-electron chi connectivity index (χ0n) is 35.0. The number of nitrogens with zero attached hydrogens (tertiary/aromatic N) is 5. The van der Waals surface area contributed by atoms with Crippen molar-refractivity contribution >= 4 is 48.8 Å². The van der Waals surface area contributed by atoms with E-state index in [1.165, 1.54) is 11.4 Å². The van der Waals surface area contributed by atoms with Crippen molar-refractivity contribution < 1.29 is 13.9 Å². The zero-order valence-corrected chi connectivity index (χ0v) is 36.9. The molecule has 0 N–H and O–H groups in total. The topological polar surface area (TPSA) is 106 Å². The third-order valence-corrected chi connectivity index (χ3v) is 16.3. The van der Waals surface area contributed by atoms with E-state index in [1.807, 2.05) is 38.1 Å². The summed E-state index contributed by atoms with van der Waals surface area (Å²) in [5.41, 5.74) is 5.26. The van der Waals surface area contributed by atoms with Gasteiger partial charge in [0.25, 0.3) is 0 Å². The van der Waals surface area contributed by atoms with E-state index in [2.05, 4.69) is 138 Å². The van der Waals surface area contributed by atoms with Crippen LogP contribution in [0.5, 0.6) is 5.75 Å². The summed E-state index contributed by atoms with van der Waals surface area (Å²) in [5, 5.41) is 29.4. The lowest BCUT2D eigenvalue weighted by atomic mass is 9.94. The Morgan fingerprint density at radius 2 is 1.34 bits per heavy atom. The molecule has 56 heavy (non-hydrogen) atoms. The van der Waals surface area contributed by atoms with Crippen LogP contribution in [0.4, 0.5) is 11.4 Å². The molecule has 4 rings (SSSR count). The van der Waals surface area contributed by atoms with E-state index in [1.54, 1.807) is 11.3 Å². The van der Waals surface area contributed by atoms with Crippen LogP contribution < -0.4 is 14.5 Å². The van der Waals surface area contributed by atoms with Gasteiger partial charge in [0, 0.05) is 48.0 Å². The Kier molecular flexibility index (Phi) is 14.6. The van der Waals surface area contributed by atoms with Gasteiger partial charge in [0.15, 0.2) is 19.6 Å². The third-order valence-electron chi connectivity index (χ3n) is 10.7. The summed E-state index contributed by atoms with van der Waals surface area (Å²) in [7, 11) is -1.97. The van der Waals surface area contributed by atoms with Crippen molar-refractivity contribution in [1.82, 2.24) is 0 Å². The Morgan fingerprint density at radius 1 is 0.821 bits per heavy atom. The lowest BCUT2D eigenvalue weighted by Gasteiger charge is -2.36. The second-order valence-corrected chi connectivity index (χ2v) is 21.5. The highest BCUT2D eigenvalue weighted by molar-refractivity contribution is 7.14. The Hall–Kier alpha value is -5.05. The lowest BCUT2D eigenvalue weighted by Crippen LogP contribution is -2.41. The molecule has 1 aliphatic heterocycles. The van der Waals surface area contributed by atoms with Gasteiger partial charge in [-0.3, -0.25) is 0 Å². The molecule has 0 atom stereocenters. The number of hydrogen-bond acceptors (Lipinski definition) is 9. The van der Waals surface area contributed by atoms with E-state index < -0.39 is 13.9 Å². The molecule has 2 heterocycles. The molecular weight excluding hydrogens is 731 g/mol. The number of hydrogen-bond donors (Lipinski definition) is 0. The van der Waals surface area contributed by atoms with Crippen molar-refractivity contribution in [2.45, 2.75) is 86.0 Å². The van der Waals surface area contributed by atoms with E-state index in [4.69, 9.17) is 13.9 Å². The second kappa shape index (κ2) is 18.7. The van der Waals surface area contributed by atoms with Gasteiger partial charge in [-0.2, -0.15) is 15.8 Å². The Labute approximate surface area is 340 Å². The molecule has 8 nitrogen and oxygen atoms in total. The minimum atomic E-state index is -1.97. The van der Waals surface area contributed by atoms with Crippen molar-refractivity contribution in [2.24, 2.45) is 0 Å². The quantitative estimate of drug-likeness (QED) is 0.0802. The molecule has 10 heteroatoms. The maximum absolute atomic E-state index is 10.1.